The maximum absolute atomic E-state index is 5.95. The Balaban J connectivity index is 2.07. The molecule has 1 saturated heterocycles. The van der Waals surface area contributed by atoms with Crippen LogP contribution >= 0.6 is 0 Å². The standard InChI is InChI=1S/C17H29N3O/c1-4-12-21-17-15(18)7-8-16(19-17)20-10-5-6-14(9-11-20)13(2)3/h7-8,13-14H,4-6,9-12,18H2,1-3H3. The predicted molar refractivity (Wildman–Crippen MR) is 88.8 cm³/mol. The summed E-state index contributed by atoms with van der Waals surface area (Å²) in [4.78, 5) is 7.00. The number of aromatic nitrogens is 1. The first kappa shape index (κ1) is 15.9. The van der Waals surface area contributed by atoms with Gasteiger partial charge in [-0.3, -0.25) is 0 Å². The molecule has 2 heterocycles. The largest absolute Gasteiger partial charge is 0.476 e. The van der Waals surface area contributed by atoms with E-state index in [4.69, 9.17) is 10.5 Å². The summed E-state index contributed by atoms with van der Waals surface area (Å²) in [5.41, 5.74) is 6.57. The molecule has 0 spiro atoms. The van der Waals surface area contributed by atoms with Crippen LogP contribution in [-0.4, -0.2) is 24.7 Å². The van der Waals surface area contributed by atoms with Crippen LogP contribution in [-0.2, 0) is 0 Å². The molecule has 4 nitrogen and oxygen atoms in total. The average Bonchev–Trinajstić information content (AvgIpc) is 2.72. The third kappa shape index (κ3) is 4.26. The molecule has 4 heteroatoms. The Bertz CT molecular complexity index is 448. The maximum Gasteiger partial charge on any atom is 0.239 e. The third-order valence-electron chi connectivity index (χ3n) is 4.36. The summed E-state index contributed by atoms with van der Waals surface area (Å²) in [6.45, 7) is 9.56. The molecule has 21 heavy (non-hydrogen) atoms. The molecule has 118 valence electrons. The second-order valence-electron chi connectivity index (χ2n) is 6.33. The molecule has 0 amide bonds. The number of hydrogen-bond acceptors (Lipinski definition) is 4. The van der Waals surface area contributed by atoms with Crippen molar-refractivity contribution < 1.29 is 4.74 Å². The SMILES string of the molecule is CCCOc1nc(N2CCCC(C(C)C)CC2)ccc1N. The molecule has 2 rings (SSSR count). The van der Waals surface area contributed by atoms with E-state index in [1.165, 1.54) is 19.3 Å². The molecule has 0 aromatic carbocycles. The zero-order valence-electron chi connectivity index (χ0n) is 13.6. The van der Waals surface area contributed by atoms with E-state index in [-0.39, 0.29) is 0 Å². The molecule has 1 unspecified atom stereocenters. The lowest BCUT2D eigenvalue weighted by Gasteiger charge is -2.23. The zero-order chi connectivity index (χ0) is 15.2. The number of nitrogen functional groups attached to an aromatic ring is 1. The first-order chi connectivity index (χ1) is 10.1. The molecule has 0 aliphatic carbocycles. The van der Waals surface area contributed by atoms with Crippen molar-refractivity contribution >= 4 is 11.5 Å². The van der Waals surface area contributed by atoms with E-state index < -0.39 is 0 Å². The molecule has 1 aromatic rings. The van der Waals surface area contributed by atoms with Gasteiger partial charge in [0.25, 0.3) is 0 Å². The fourth-order valence-electron chi connectivity index (χ4n) is 2.95. The van der Waals surface area contributed by atoms with Crippen LogP contribution in [0.5, 0.6) is 5.88 Å². The van der Waals surface area contributed by atoms with Gasteiger partial charge in [-0.15, -0.1) is 0 Å². The Kier molecular flexibility index (Phi) is 5.71. The Labute approximate surface area is 128 Å². The van der Waals surface area contributed by atoms with E-state index in [0.29, 0.717) is 18.2 Å². The quantitative estimate of drug-likeness (QED) is 0.898. The Morgan fingerprint density at radius 2 is 2.14 bits per heavy atom. The van der Waals surface area contributed by atoms with Gasteiger partial charge in [0.1, 0.15) is 5.82 Å². The number of nitrogens with zero attached hydrogens (tertiary/aromatic N) is 2. The van der Waals surface area contributed by atoms with Crippen molar-refractivity contribution in [2.24, 2.45) is 11.8 Å². The number of rotatable bonds is 5. The zero-order valence-corrected chi connectivity index (χ0v) is 13.6. The Morgan fingerprint density at radius 1 is 1.33 bits per heavy atom. The second-order valence-corrected chi connectivity index (χ2v) is 6.33. The van der Waals surface area contributed by atoms with Crippen LogP contribution in [0.1, 0.15) is 46.5 Å². The summed E-state index contributed by atoms with van der Waals surface area (Å²) in [6.07, 6.45) is 4.77. The predicted octanol–water partition coefficient (Wildman–Crippen LogP) is 3.72. The molecule has 1 aromatic heterocycles. The Morgan fingerprint density at radius 3 is 2.86 bits per heavy atom. The number of anilines is 2. The molecule has 1 atom stereocenters. The third-order valence-corrected chi connectivity index (χ3v) is 4.36. The van der Waals surface area contributed by atoms with E-state index in [2.05, 4.69) is 30.7 Å². The van der Waals surface area contributed by atoms with Gasteiger partial charge in [-0.2, -0.15) is 4.98 Å². The topological polar surface area (TPSA) is 51.4 Å². The summed E-state index contributed by atoms with van der Waals surface area (Å²) < 4.78 is 5.65. The molecule has 1 aliphatic rings. The van der Waals surface area contributed by atoms with E-state index in [0.717, 1.165) is 37.2 Å². The second kappa shape index (κ2) is 7.53. The molecule has 1 aliphatic heterocycles. The number of hydrogen-bond donors (Lipinski definition) is 1. The van der Waals surface area contributed by atoms with Crippen molar-refractivity contribution in [2.45, 2.75) is 46.5 Å². The van der Waals surface area contributed by atoms with Crippen molar-refractivity contribution in [2.75, 3.05) is 30.3 Å². The first-order valence-electron chi connectivity index (χ1n) is 8.26. The monoisotopic (exact) mass is 291 g/mol. The maximum atomic E-state index is 5.95. The van der Waals surface area contributed by atoms with E-state index >= 15 is 0 Å². The minimum absolute atomic E-state index is 0.582. The van der Waals surface area contributed by atoms with Crippen LogP contribution in [0.25, 0.3) is 0 Å². The molecule has 0 radical (unpaired) electrons. The van der Waals surface area contributed by atoms with Gasteiger partial charge in [-0.25, -0.2) is 0 Å². The minimum atomic E-state index is 0.582. The van der Waals surface area contributed by atoms with E-state index in [9.17, 15) is 0 Å². The van der Waals surface area contributed by atoms with Gasteiger partial charge in [0.15, 0.2) is 0 Å². The van der Waals surface area contributed by atoms with Crippen LogP contribution < -0.4 is 15.4 Å². The number of nitrogens with two attached hydrogens (primary N) is 1. The summed E-state index contributed by atoms with van der Waals surface area (Å²) in [6, 6.07) is 3.93. The average molecular weight is 291 g/mol. The molecule has 2 N–H and O–H groups in total. The van der Waals surface area contributed by atoms with Crippen LogP contribution in [0.3, 0.4) is 0 Å². The fraction of sp³-hybridized carbons (Fsp3) is 0.706. The number of ether oxygens (including phenoxy) is 1. The van der Waals surface area contributed by atoms with Crippen LogP contribution in [0.4, 0.5) is 11.5 Å². The van der Waals surface area contributed by atoms with Crippen LogP contribution in [0.15, 0.2) is 12.1 Å². The van der Waals surface area contributed by atoms with Crippen molar-refractivity contribution in [3.63, 3.8) is 0 Å². The molecule has 1 fully saturated rings. The van der Waals surface area contributed by atoms with Gasteiger partial charge in [0, 0.05) is 13.1 Å². The van der Waals surface area contributed by atoms with Gasteiger partial charge in [-0.1, -0.05) is 20.8 Å². The summed E-state index contributed by atoms with van der Waals surface area (Å²) in [7, 11) is 0. The van der Waals surface area contributed by atoms with Gasteiger partial charge in [-0.05, 0) is 49.7 Å². The van der Waals surface area contributed by atoms with Gasteiger partial charge >= 0.3 is 0 Å². The van der Waals surface area contributed by atoms with Gasteiger partial charge in [0.05, 0.1) is 12.3 Å². The highest BCUT2D eigenvalue weighted by atomic mass is 16.5. The summed E-state index contributed by atoms with van der Waals surface area (Å²) in [5.74, 6) is 3.19. The summed E-state index contributed by atoms with van der Waals surface area (Å²) >= 11 is 0. The lowest BCUT2D eigenvalue weighted by atomic mass is 9.89. The van der Waals surface area contributed by atoms with Crippen molar-refractivity contribution in [1.29, 1.82) is 0 Å². The van der Waals surface area contributed by atoms with Gasteiger partial charge < -0.3 is 15.4 Å². The summed E-state index contributed by atoms with van der Waals surface area (Å²) in [5, 5.41) is 0. The molecular formula is C17H29N3O. The molecular weight excluding hydrogens is 262 g/mol. The van der Waals surface area contributed by atoms with E-state index in [1.54, 1.807) is 0 Å². The lowest BCUT2D eigenvalue weighted by molar-refractivity contribution is 0.307. The molecule has 0 bridgehead atoms. The van der Waals surface area contributed by atoms with Gasteiger partial charge in [0.2, 0.25) is 5.88 Å². The highest BCUT2D eigenvalue weighted by Crippen LogP contribution is 2.28. The lowest BCUT2D eigenvalue weighted by Crippen LogP contribution is -2.25. The van der Waals surface area contributed by atoms with E-state index in [1.807, 2.05) is 12.1 Å². The highest BCUT2D eigenvalue weighted by molar-refractivity contribution is 5.54. The highest BCUT2D eigenvalue weighted by Gasteiger charge is 2.20. The van der Waals surface area contributed by atoms with Crippen LogP contribution in [0, 0.1) is 11.8 Å². The van der Waals surface area contributed by atoms with Crippen molar-refractivity contribution in [3.8, 4) is 5.88 Å². The minimum Gasteiger partial charge on any atom is -0.476 e. The fourth-order valence-corrected chi connectivity index (χ4v) is 2.95. The van der Waals surface area contributed by atoms with Crippen molar-refractivity contribution in [1.82, 2.24) is 4.98 Å². The van der Waals surface area contributed by atoms with Crippen molar-refractivity contribution in [3.05, 3.63) is 12.1 Å². The normalized spacial score (nSPS) is 19.6. The molecule has 0 saturated carbocycles. The first-order valence-corrected chi connectivity index (χ1v) is 8.26. The van der Waals surface area contributed by atoms with Crippen LogP contribution in [0.2, 0.25) is 0 Å². The number of pyridine rings is 1. The smallest absolute Gasteiger partial charge is 0.239 e. The Hall–Kier alpha value is -1.45.